The molecule has 0 aromatic carbocycles. The Morgan fingerprint density at radius 2 is 2.05 bits per heavy atom. The summed E-state index contributed by atoms with van der Waals surface area (Å²) in [5, 5.41) is 0. The predicted octanol–water partition coefficient (Wildman–Crippen LogP) is 3.97. The minimum absolute atomic E-state index is 0.614. The highest BCUT2D eigenvalue weighted by Gasteiger charge is 2.40. The summed E-state index contributed by atoms with van der Waals surface area (Å²) in [6, 6.07) is 1.23. The molecule has 0 saturated carbocycles. The third kappa shape index (κ3) is 1.78. The van der Waals surface area contributed by atoms with Gasteiger partial charge in [0.25, 0.3) is 0 Å². The second-order valence-electron chi connectivity index (χ2n) is 6.12. The Balaban J connectivity index is 2.03. The van der Waals surface area contributed by atoms with Crippen molar-refractivity contribution in [2.45, 2.75) is 45.7 Å². The number of piperazine rings is 1. The van der Waals surface area contributed by atoms with Gasteiger partial charge in [0.15, 0.2) is 0 Å². The third-order valence-corrected chi connectivity index (χ3v) is 4.86. The summed E-state index contributed by atoms with van der Waals surface area (Å²) in [6.45, 7) is 16.3. The smallest absolute Gasteiger partial charge is 0.0674 e. The predicted molar refractivity (Wildman–Crippen MR) is 84.9 cm³/mol. The van der Waals surface area contributed by atoms with Gasteiger partial charge in [-0.3, -0.25) is 0 Å². The highest BCUT2D eigenvalue weighted by molar-refractivity contribution is 5.58. The molecule has 0 aliphatic carbocycles. The number of fused-ring (bicyclic) bond motifs is 2. The topological polar surface area (TPSA) is 6.48 Å². The van der Waals surface area contributed by atoms with Gasteiger partial charge in [0.1, 0.15) is 0 Å². The number of allylic oxidation sites excluding steroid dienone is 5. The number of hydrogen-bond donors (Lipinski definition) is 0. The van der Waals surface area contributed by atoms with Gasteiger partial charge in [-0.15, -0.1) is 0 Å². The van der Waals surface area contributed by atoms with Gasteiger partial charge >= 0.3 is 0 Å². The van der Waals surface area contributed by atoms with Crippen molar-refractivity contribution in [2.75, 3.05) is 6.54 Å². The molecule has 2 atom stereocenters. The van der Waals surface area contributed by atoms with E-state index >= 15 is 0 Å². The van der Waals surface area contributed by atoms with Gasteiger partial charge in [0, 0.05) is 24.8 Å². The lowest BCUT2D eigenvalue weighted by Gasteiger charge is -2.46. The fraction of sp³-hybridized carbons (Fsp3) is 0.444. The monoisotopic (exact) mass is 268 g/mol. The summed E-state index contributed by atoms with van der Waals surface area (Å²) in [7, 11) is 0. The molecule has 0 spiro atoms. The molecule has 0 amide bonds. The van der Waals surface area contributed by atoms with Crippen LogP contribution in [0.15, 0.2) is 59.6 Å². The summed E-state index contributed by atoms with van der Waals surface area (Å²) in [6.07, 6.45) is 9.02. The first kappa shape index (κ1) is 13.3. The van der Waals surface area contributed by atoms with Crippen LogP contribution in [-0.2, 0) is 0 Å². The number of rotatable bonds is 1. The van der Waals surface area contributed by atoms with E-state index in [1.165, 1.54) is 35.4 Å². The Bertz CT molecular complexity index is 562. The van der Waals surface area contributed by atoms with Crippen molar-refractivity contribution in [3.05, 3.63) is 59.6 Å². The van der Waals surface area contributed by atoms with Gasteiger partial charge in [0.05, 0.1) is 11.4 Å². The average molecular weight is 268 g/mol. The van der Waals surface area contributed by atoms with Gasteiger partial charge < -0.3 is 9.80 Å². The minimum atomic E-state index is 0.614. The van der Waals surface area contributed by atoms with Crippen molar-refractivity contribution >= 4 is 0 Å². The van der Waals surface area contributed by atoms with Crippen LogP contribution < -0.4 is 0 Å². The van der Waals surface area contributed by atoms with Gasteiger partial charge in [-0.05, 0) is 50.3 Å². The maximum atomic E-state index is 4.39. The van der Waals surface area contributed by atoms with Crippen molar-refractivity contribution in [1.29, 1.82) is 0 Å². The molecule has 20 heavy (non-hydrogen) atoms. The average Bonchev–Trinajstić information content (AvgIpc) is 2.77. The molecule has 2 unspecified atom stereocenters. The second kappa shape index (κ2) is 4.69. The van der Waals surface area contributed by atoms with E-state index in [2.05, 4.69) is 62.1 Å². The van der Waals surface area contributed by atoms with E-state index < -0.39 is 0 Å². The largest absolute Gasteiger partial charge is 0.363 e. The van der Waals surface area contributed by atoms with E-state index in [1.807, 2.05) is 0 Å². The van der Waals surface area contributed by atoms with Crippen molar-refractivity contribution in [3.63, 3.8) is 0 Å². The summed E-state index contributed by atoms with van der Waals surface area (Å²) >= 11 is 0. The minimum Gasteiger partial charge on any atom is -0.363 e. The molecule has 3 rings (SSSR count). The van der Waals surface area contributed by atoms with Crippen molar-refractivity contribution in [3.8, 4) is 0 Å². The van der Waals surface area contributed by atoms with Crippen LogP contribution in [-0.4, -0.2) is 28.4 Å². The first-order valence-corrected chi connectivity index (χ1v) is 7.54. The molecule has 2 fully saturated rings. The molecule has 3 aliphatic rings. The Kier molecular flexibility index (Phi) is 3.12. The standard InChI is InChI=1S/C18H24N2/c1-6-7-16-10-19-11-17-9-8-12(2)20(17)15(5)18(19)14(4)13(16)3/h6-7,10,12,17H,3,5,8-9,11H2,1-2,4H3/b7-6-. The normalized spacial score (nSPS) is 30.1. The van der Waals surface area contributed by atoms with Crippen LogP contribution in [0.5, 0.6) is 0 Å². The fourth-order valence-corrected chi connectivity index (χ4v) is 3.82. The molecular formula is C18H24N2. The Morgan fingerprint density at radius 3 is 2.75 bits per heavy atom. The third-order valence-electron chi connectivity index (χ3n) is 4.86. The zero-order valence-electron chi connectivity index (χ0n) is 12.8. The SMILES string of the molecule is C=C1C(/C=C\C)=CN2CC3CCC(C)N3C(=C)C2=C1C. The van der Waals surface area contributed by atoms with E-state index in [0.29, 0.717) is 12.1 Å². The molecule has 3 aliphatic heterocycles. The molecule has 0 N–H and O–H groups in total. The van der Waals surface area contributed by atoms with Crippen LogP contribution >= 0.6 is 0 Å². The van der Waals surface area contributed by atoms with E-state index in [1.54, 1.807) is 0 Å². The molecule has 2 nitrogen and oxygen atoms in total. The quantitative estimate of drug-likeness (QED) is 0.710. The van der Waals surface area contributed by atoms with E-state index in [4.69, 9.17) is 0 Å². The first-order chi connectivity index (χ1) is 9.54. The van der Waals surface area contributed by atoms with Crippen LogP contribution in [0.1, 0.15) is 33.6 Å². The molecular weight excluding hydrogens is 244 g/mol. The Morgan fingerprint density at radius 1 is 1.30 bits per heavy atom. The molecule has 3 heterocycles. The van der Waals surface area contributed by atoms with Crippen LogP contribution in [0.3, 0.4) is 0 Å². The molecule has 106 valence electrons. The molecule has 0 aromatic rings. The molecule has 2 saturated heterocycles. The molecule has 0 bridgehead atoms. The summed E-state index contributed by atoms with van der Waals surface area (Å²) in [5.41, 5.74) is 6.07. The van der Waals surface area contributed by atoms with Crippen LogP contribution in [0, 0.1) is 0 Å². The second-order valence-corrected chi connectivity index (χ2v) is 6.12. The van der Waals surface area contributed by atoms with Gasteiger partial charge in [-0.2, -0.15) is 0 Å². The van der Waals surface area contributed by atoms with Crippen molar-refractivity contribution in [1.82, 2.24) is 9.80 Å². The van der Waals surface area contributed by atoms with Crippen LogP contribution in [0.25, 0.3) is 0 Å². The Labute approximate surface area is 122 Å². The highest BCUT2D eigenvalue weighted by atomic mass is 15.3. The number of nitrogens with zero attached hydrogens (tertiary/aromatic N) is 2. The highest BCUT2D eigenvalue weighted by Crippen LogP contribution is 2.42. The summed E-state index contributed by atoms with van der Waals surface area (Å²) in [4.78, 5) is 4.91. The number of hydrogen-bond acceptors (Lipinski definition) is 2. The van der Waals surface area contributed by atoms with E-state index in [9.17, 15) is 0 Å². The van der Waals surface area contributed by atoms with Gasteiger partial charge in [-0.25, -0.2) is 0 Å². The lowest BCUT2D eigenvalue weighted by molar-refractivity contribution is 0.187. The van der Waals surface area contributed by atoms with E-state index in [0.717, 1.165) is 12.1 Å². The van der Waals surface area contributed by atoms with Crippen molar-refractivity contribution < 1.29 is 0 Å². The summed E-state index contributed by atoms with van der Waals surface area (Å²) < 4.78 is 0. The zero-order valence-corrected chi connectivity index (χ0v) is 12.8. The van der Waals surface area contributed by atoms with E-state index in [-0.39, 0.29) is 0 Å². The van der Waals surface area contributed by atoms with Crippen LogP contribution in [0.4, 0.5) is 0 Å². The van der Waals surface area contributed by atoms with Crippen LogP contribution in [0.2, 0.25) is 0 Å². The van der Waals surface area contributed by atoms with Crippen molar-refractivity contribution in [2.24, 2.45) is 0 Å². The first-order valence-electron chi connectivity index (χ1n) is 7.54. The Hall–Kier alpha value is -1.70. The van der Waals surface area contributed by atoms with Gasteiger partial charge in [0.2, 0.25) is 0 Å². The molecule has 0 radical (unpaired) electrons. The molecule has 0 aromatic heterocycles. The van der Waals surface area contributed by atoms with Gasteiger partial charge in [-0.1, -0.05) is 25.3 Å². The summed E-state index contributed by atoms with van der Waals surface area (Å²) in [5.74, 6) is 0. The maximum absolute atomic E-state index is 4.39. The maximum Gasteiger partial charge on any atom is 0.0674 e. The fourth-order valence-electron chi connectivity index (χ4n) is 3.82. The molecule has 2 heteroatoms. The lowest BCUT2D eigenvalue weighted by Crippen LogP contribution is -2.48. The zero-order chi connectivity index (χ0) is 14.4. The lowest BCUT2D eigenvalue weighted by atomic mass is 9.92.